The Bertz CT molecular complexity index is 1290. The largest absolute Gasteiger partial charge is 0.494 e. The first-order valence-corrected chi connectivity index (χ1v) is 12.0. The molecule has 33 heavy (non-hydrogen) atoms. The number of nitrogens with zero attached hydrogens (tertiary/aromatic N) is 5. The Hall–Kier alpha value is -3.07. The van der Waals surface area contributed by atoms with E-state index in [0.29, 0.717) is 19.0 Å². The van der Waals surface area contributed by atoms with Crippen molar-refractivity contribution >= 4 is 33.3 Å². The van der Waals surface area contributed by atoms with Gasteiger partial charge in [-0.3, -0.25) is 9.08 Å². The van der Waals surface area contributed by atoms with Crippen molar-refractivity contribution in [1.29, 1.82) is 0 Å². The van der Waals surface area contributed by atoms with Crippen molar-refractivity contribution in [1.82, 2.24) is 24.1 Å². The lowest BCUT2D eigenvalue weighted by Gasteiger charge is -2.32. The first kappa shape index (κ1) is 21.8. The molecule has 1 aliphatic heterocycles. The van der Waals surface area contributed by atoms with E-state index in [2.05, 4.69) is 28.0 Å². The summed E-state index contributed by atoms with van der Waals surface area (Å²) in [4.78, 5) is 21.2. The van der Waals surface area contributed by atoms with Crippen molar-refractivity contribution in [2.24, 2.45) is 7.05 Å². The van der Waals surface area contributed by atoms with Crippen LogP contribution in [0.4, 0.5) is 4.79 Å². The number of hydrogen-bond acceptors (Lipinski definition) is 6. The zero-order chi connectivity index (χ0) is 23.3. The topological polar surface area (TPSA) is 73.9 Å². The van der Waals surface area contributed by atoms with Crippen LogP contribution in [0.25, 0.3) is 26.3 Å². The lowest BCUT2D eigenvalue weighted by Crippen LogP contribution is -2.41. The van der Waals surface area contributed by atoms with E-state index < -0.39 is 5.60 Å². The Kier molecular flexibility index (Phi) is 5.31. The summed E-state index contributed by atoms with van der Waals surface area (Å²) in [6, 6.07) is 4.18. The van der Waals surface area contributed by atoms with E-state index in [-0.39, 0.29) is 6.09 Å². The summed E-state index contributed by atoms with van der Waals surface area (Å²) in [5.74, 6) is 1.12. The highest BCUT2D eigenvalue weighted by Gasteiger charge is 2.28. The molecule has 0 unspecified atom stereocenters. The van der Waals surface area contributed by atoms with Crippen molar-refractivity contribution in [2.45, 2.75) is 45.1 Å². The predicted octanol–water partition coefficient (Wildman–Crippen LogP) is 5.07. The average Bonchev–Trinajstić information content (AvgIpc) is 3.43. The second-order valence-electron chi connectivity index (χ2n) is 9.61. The van der Waals surface area contributed by atoms with E-state index in [4.69, 9.17) is 14.5 Å². The monoisotopic (exact) mass is 467 g/mol. The lowest BCUT2D eigenvalue weighted by atomic mass is 9.94. The summed E-state index contributed by atoms with van der Waals surface area (Å²) in [6.45, 7) is 7.08. The van der Waals surface area contributed by atoms with Gasteiger partial charge in [-0.2, -0.15) is 5.10 Å². The molecule has 4 aromatic rings. The molecule has 1 saturated heterocycles. The quantitative estimate of drug-likeness (QED) is 0.420. The summed E-state index contributed by atoms with van der Waals surface area (Å²) in [5.41, 5.74) is 2.59. The van der Waals surface area contributed by atoms with Crippen molar-refractivity contribution in [3.8, 4) is 16.2 Å². The number of amides is 1. The molecule has 1 fully saturated rings. The second kappa shape index (κ2) is 8.06. The zero-order valence-electron chi connectivity index (χ0n) is 19.7. The van der Waals surface area contributed by atoms with Gasteiger partial charge in [0.05, 0.1) is 17.7 Å². The number of ether oxygens (including phenoxy) is 2. The van der Waals surface area contributed by atoms with Crippen LogP contribution in [0.2, 0.25) is 0 Å². The summed E-state index contributed by atoms with van der Waals surface area (Å²) < 4.78 is 15.0. The third-order valence-electron chi connectivity index (χ3n) is 5.93. The van der Waals surface area contributed by atoms with Crippen molar-refractivity contribution in [3.63, 3.8) is 0 Å². The third-order valence-corrected chi connectivity index (χ3v) is 6.98. The molecule has 0 spiro atoms. The molecule has 0 N–H and O–H groups in total. The minimum Gasteiger partial charge on any atom is -0.494 e. The first-order chi connectivity index (χ1) is 15.7. The van der Waals surface area contributed by atoms with E-state index >= 15 is 0 Å². The number of aryl methyl sites for hydroxylation is 1. The molecule has 0 atom stereocenters. The maximum atomic E-state index is 12.3. The summed E-state index contributed by atoms with van der Waals surface area (Å²) in [6.07, 6.45) is 7.82. The van der Waals surface area contributed by atoms with Gasteiger partial charge >= 0.3 is 6.09 Å². The highest BCUT2D eigenvalue weighted by Crippen LogP contribution is 2.36. The molecule has 1 aliphatic rings. The number of hydrogen-bond donors (Lipinski definition) is 0. The van der Waals surface area contributed by atoms with Gasteiger partial charge in [-0.05, 0) is 51.3 Å². The van der Waals surface area contributed by atoms with Gasteiger partial charge in [0.2, 0.25) is 0 Å². The van der Waals surface area contributed by atoms with Crippen molar-refractivity contribution < 1.29 is 14.3 Å². The molecule has 1 aromatic carbocycles. The van der Waals surface area contributed by atoms with Gasteiger partial charge in [0, 0.05) is 50.0 Å². The van der Waals surface area contributed by atoms with Crippen LogP contribution in [0.1, 0.15) is 45.2 Å². The van der Waals surface area contributed by atoms with Crippen LogP contribution in [0.15, 0.2) is 30.7 Å². The van der Waals surface area contributed by atoms with Crippen LogP contribution in [0, 0.1) is 0 Å². The van der Waals surface area contributed by atoms with Gasteiger partial charge in [-0.25, -0.2) is 9.78 Å². The van der Waals surface area contributed by atoms with Gasteiger partial charge in [-0.1, -0.05) is 11.3 Å². The molecule has 0 saturated carbocycles. The fraction of sp³-hybridized carbons (Fsp3) is 0.458. The van der Waals surface area contributed by atoms with E-state index in [1.807, 2.05) is 40.1 Å². The average molecular weight is 468 g/mol. The van der Waals surface area contributed by atoms with Crippen molar-refractivity contribution in [2.75, 3.05) is 20.2 Å². The Morgan fingerprint density at radius 2 is 1.91 bits per heavy atom. The normalized spacial score (nSPS) is 15.5. The van der Waals surface area contributed by atoms with Crippen LogP contribution >= 0.6 is 11.3 Å². The Balaban J connectivity index is 1.33. The lowest BCUT2D eigenvalue weighted by molar-refractivity contribution is 0.0204. The van der Waals surface area contributed by atoms with Gasteiger partial charge in [0.25, 0.3) is 0 Å². The number of carbonyl (C=O) groups excluding carboxylic acids is 1. The molecule has 174 valence electrons. The van der Waals surface area contributed by atoms with Crippen LogP contribution < -0.4 is 4.74 Å². The number of thiazole rings is 1. The standard InChI is InChI=1S/C24H29N5O3S/c1-24(2,3)32-23(30)28-8-6-15(7-9-28)18-13-29-14-20(33-22(29)25-18)16-10-17-12-27(4)26-21(17)19(11-16)31-5/h10-15H,6-9H2,1-5H3. The number of carbonyl (C=O) groups is 1. The Morgan fingerprint density at radius 1 is 1.15 bits per heavy atom. The molecule has 5 rings (SSSR count). The number of likely N-dealkylation sites (tertiary alicyclic amines) is 1. The van der Waals surface area contributed by atoms with Gasteiger partial charge in [0.1, 0.15) is 16.9 Å². The molecule has 0 radical (unpaired) electrons. The number of piperidine rings is 1. The summed E-state index contributed by atoms with van der Waals surface area (Å²) >= 11 is 1.67. The first-order valence-electron chi connectivity index (χ1n) is 11.2. The molecule has 0 aliphatic carbocycles. The third kappa shape index (κ3) is 4.29. The minimum absolute atomic E-state index is 0.225. The van der Waals surface area contributed by atoms with E-state index in [1.165, 1.54) is 0 Å². The summed E-state index contributed by atoms with van der Waals surface area (Å²) in [5, 5.41) is 5.54. The molecule has 4 heterocycles. The smallest absolute Gasteiger partial charge is 0.410 e. The van der Waals surface area contributed by atoms with Crippen LogP contribution in [0.3, 0.4) is 0 Å². The Labute approximate surface area is 196 Å². The van der Waals surface area contributed by atoms with Crippen LogP contribution in [0.5, 0.6) is 5.75 Å². The molecular weight excluding hydrogens is 438 g/mol. The van der Waals surface area contributed by atoms with Gasteiger partial charge in [0.15, 0.2) is 4.96 Å². The molecule has 1 amide bonds. The maximum Gasteiger partial charge on any atom is 0.410 e. The van der Waals surface area contributed by atoms with E-state index in [1.54, 1.807) is 28.0 Å². The van der Waals surface area contributed by atoms with Crippen LogP contribution in [-0.2, 0) is 11.8 Å². The fourth-order valence-corrected chi connectivity index (χ4v) is 5.31. The second-order valence-corrected chi connectivity index (χ2v) is 10.6. The number of aromatic nitrogens is 4. The molecule has 9 heteroatoms. The molecule has 8 nitrogen and oxygen atoms in total. The number of rotatable bonds is 3. The highest BCUT2D eigenvalue weighted by molar-refractivity contribution is 7.20. The number of imidazole rings is 1. The highest BCUT2D eigenvalue weighted by atomic mass is 32.1. The molecule has 0 bridgehead atoms. The Morgan fingerprint density at radius 3 is 2.58 bits per heavy atom. The van der Waals surface area contributed by atoms with Crippen molar-refractivity contribution in [3.05, 3.63) is 36.4 Å². The SMILES string of the molecule is COc1cc(-c2cn3cc(C4CCN(C(=O)OC(C)(C)C)CC4)nc3s2)cc2cn(C)nc12. The molecular formula is C24H29N5O3S. The fourth-order valence-electron chi connectivity index (χ4n) is 4.35. The zero-order valence-corrected chi connectivity index (χ0v) is 20.5. The maximum absolute atomic E-state index is 12.3. The number of fused-ring (bicyclic) bond motifs is 2. The van der Waals surface area contributed by atoms with E-state index in [9.17, 15) is 4.79 Å². The van der Waals surface area contributed by atoms with E-state index in [0.717, 1.165) is 50.6 Å². The van der Waals surface area contributed by atoms with Crippen LogP contribution in [-0.4, -0.2) is 56.0 Å². The minimum atomic E-state index is -0.467. The summed E-state index contributed by atoms with van der Waals surface area (Å²) in [7, 11) is 3.59. The number of benzene rings is 1. The van der Waals surface area contributed by atoms with Gasteiger partial charge in [-0.15, -0.1) is 0 Å². The molecule has 3 aromatic heterocycles. The predicted molar refractivity (Wildman–Crippen MR) is 129 cm³/mol. The number of methoxy groups -OCH3 is 1. The van der Waals surface area contributed by atoms with Gasteiger partial charge < -0.3 is 14.4 Å².